The summed E-state index contributed by atoms with van der Waals surface area (Å²) in [4.78, 5) is 64.0. The molecule has 0 saturated carbocycles. The number of pyridine rings is 1. The van der Waals surface area contributed by atoms with Crippen molar-refractivity contribution in [2.45, 2.75) is 116 Å². The number of rotatable bonds is 12. The molecule has 3 amide bonds. The van der Waals surface area contributed by atoms with E-state index in [0.717, 1.165) is 76.2 Å². The molecule has 4 N–H and O–H groups in total. The van der Waals surface area contributed by atoms with Crippen LogP contribution in [-0.4, -0.2) is 97.2 Å². The number of hydrogen-bond donors (Lipinski definition) is 4. The summed E-state index contributed by atoms with van der Waals surface area (Å²) in [7, 11) is 2.70. The number of hydrogen-bond acceptors (Lipinski definition) is 9. The first-order valence-electron chi connectivity index (χ1n) is 21.2. The number of aromatic nitrogens is 5. The van der Waals surface area contributed by atoms with Crippen LogP contribution in [0.1, 0.15) is 97.9 Å². The molecule has 7 rings (SSSR count). The van der Waals surface area contributed by atoms with Gasteiger partial charge in [-0.1, -0.05) is 64.1 Å². The molecule has 318 valence electrons. The number of fused-ring (bicyclic) bond motifs is 1. The van der Waals surface area contributed by atoms with Gasteiger partial charge in [0.15, 0.2) is 0 Å². The molecule has 7 atom stereocenters. The van der Waals surface area contributed by atoms with Gasteiger partial charge in [-0.25, -0.2) is 24.5 Å². The van der Waals surface area contributed by atoms with Crippen LogP contribution in [0.5, 0.6) is 0 Å². The molecular weight excluding hydrogens is 759 g/mol. The predicted molar refractivity (Wildman–Crippen MR) is 232 cm³/mol. The molecule has 2 aliphatic rings. The Morgan fingerprint density at radius 1 is 0.700 bits per heavy atom. The zero-order valence-corrected chi connectivity index (χ0v) is 36.2. The maximum atomic E-state index is 13.8. The first-order chi connectivity index (χ1) is 28.8. The normalized spacial score (nSPS) is 21.0. The van der Waals surface area contributed by atoms with E-state index in [4.69, 9.17) is 24.4 Å². The summed E-state index contributed by atoms with van der Waals surface area (Å²) in [5.41, 5.74) is 6.59. The van der Waals surface area contributed by atoms with Gasteiger partial charge < -0.3 is 35.0 Å². The Morgan fingerprint density at radius 2 is 1.30 bits per heavy atom. The SMILES string of the molecule is COC(=O)NC(C(C)C)C(C)N1[C@@H](C)CC[C@H]1c1ncc(-c2ccc(-c3ccc4nc(-c5cnc([C@@H]6CC[C@H](C)N6C(=O)[C@@H](NC(=O)OC)C(C)C)[nH]5)ccc4c3)cc2)[nH]1. The summed E-state index contributed by atoms with van der Waals surface area (Å²) < 4.78 is 9.74. The molecule has 0 radical (unpaired) electrons. The zero-order chi connectivity index (χ0) is 42.8. The second kappa shape index (κ2) is 17.8. The molecule has 14 heteroatoms. The molecule has 2 saturated heterocycles. The second-order valence-electron chi connectivity index (χ2n) is 17.1. The van der Waals surface area contributed by atoms with Crippen molar-refractivity contribution in [1.29, 1.82) is 0 Å². The third kappa shape index (κ3) is 8.61. The van der Waals surface area contributed by atoms with Gasteiger partial charge in [0.2, 0.25) is 5.91 Å². The van der Waals surface area contributed by atoms with Crippen LogP contribution in [0, 0.1) is 11.8 Å². The smallest absolute Gasteiger partial charge is 0.407 e. The van der Waals surface area contributed by atoms with Gasteiger partial charge in [-0.15, -0.1) is 0 Å². The summed E-state index contributed by atoms with van der Waals surface area (Å²) in [6.07, 6.45) is 6.29. The number of likely N-dealkylation sites (tertiary alicyclic amines) is 2. The van der Waals surface area contributed by atoms with Crippen molar-refractivity contribution in [3.63, 3.8) is 0 Å². The lowest BCUT2D eigenvalue weighted by Crippen LogP contribution is -2.54. The van der Waals surface area contributed by atoms with Crippen LogP contribution in [0.4, 0.5) is 9.59 Å². The van der Waals surface area contributed by atoms with E-state index in [1.54, 1.807) is 6.20 Å². The van der Waals surface area contributed by atoms with Gasteiger partial charge in [0.05, 0.1) is 61.3 Å². The van der Waals surface area contributed by atoms with Crippen molar-refractivity contribution in [2.24, 2.45) is 11.8 Å². The molecule has 0 aliphatic carbocycles. The number of alkyl carbamates (subject to hydrolysis) is 2. The quantitative estimate of drug-likeness (QED) is 0.0966. The average Bonchev–Trinajstić information content (AvgIpc) is 4.08. The summed E-state index contributed by atoms with van der Waals surface area (Å²) in [6, 6.07) is 18.4. The van der Waals surface area contributed by atoms with E-state index in [-0.39, 0.29) is 48.0 Å². The van der Waals surface area contributed by atoms with Gasteiger partial charge in [0, 0.05) is 29.6 Å². The van der Waals surface area contributed by atoms with E-state index in [9.17, 15) is 14.4 Å². The highest BCUT2D eigenvalue weighted by atomic mass is 16.5. The lowest BCUT2D eigenvalue weighted by molar-refractivity contribution is -0.137. The summed E-state index contributed by atoms with van der Waals surface area (Å²) in [6.45, 7) is 14.5. The number of amides is 3. The van der Waals surface area contributed by atoms with Crippen molar-refractivity contribution in [1.82, 2.24) is 45.4 Å². The first-order valence-corrected chi connectivity index (χ1v) is 21.2. The van der Waals surface area contributed by atoms with Crippen molar-refractivity contribution >= 4 is 29.0 Å². The van der Waals surface area contributed by atoms with Gasteiger partial charge in [-0.2, -0.15) is 0 Å². The molecule has 2 fully saturated rings. The van der Waals surface area contributed by atoms with Crippen LogP contribution in [-0.2, 0) is 14.3 Å². The van der Waals surface area contributed by atoms with Crippen LogP contribution >= 0.6 is 0 Å². The number of methoxy groups -OCH3 is 2. The molecule has 60 heavy (non-hydrogen) atoms. The minimum atomic E-state index is -0.708. The average molecular weight is 818 g/mol. The number of carbonyl (C=O) groups excluding carboxylic acids is 3. The van der Waals surface area contributed by atoms with Crippen LogP contribution in [0.15, 0.2) is 67.0 Å². The lowest BCUT2D eigenvalue weighted by atomic mass is 9.95. The standard InChI is InChI=1S/C46H59N9O5/c1-25(2)40(52-45(57)59-8)29(7)54-27(5)10-20-38(54)42-47-23-36(50-42)31-14-12-30(13-15-31)32-16-18-34-33(22-32)17-19-35(49-34)37-24-48-43(51-37)39-21-11-28(6)55(39)44(56)41(26(3)4)53-46(58)60-9/h12-19,22-29,38-41H,10-11,20-21H2,1-9H3,(H,47,50)(H,48,51)(H,52,57)(H,53,58)/t27-,28-,29?,38-,39-,40?,41-/m0/s1. The molecule has 2 aliphatic heterocycles. The molecule has 5 aromatic rings. The summed E-state index contributed by atoms with van der Waals surface area (Å²) >= 11 is 0. The fourth-order valence-electron chi connectivity index (χ4n) is 9.26. The molecule has 3 aromatic heterocycles. The molecule has 0 bridgehead atoms. The molecule has 14 nitrogen and oxygen atoms in total. The number of H-pyrrole nitrogens is 2. The van der Waals surface area contributed by atoms with Gasteiger partial charge >= 0.3 is 12.2 Å². The zero-order valence-electron chi connectivity index (χ0n) is 36.2. The minimum Gasteiger partial charge on any atom is -0.453 e. The number of nitrogens with zero attached hydrogens (tertiary/aromatic N) is 5. The Balaban J connectivity index is 1.04. The maximum Gasteiger partial charge on any atom is 0.407 e. The fraction of sp³-hybridized carbons (Fsp3) is 0.478. The highest BCUT2D eigenvalue weighted by Gasteiger charge is 2.42. The number of carbonyl (C=O) groups is 3. The third-order valence-electron chi connectivity index (χ3n) is 12.5. The van der Waals surface area contributed by atoms with Gasteiger partial charge in [0.1, 0.15) is 17.7 Å². The van der Waals surface area contributed by atoms with E-state index in [0.29, 0.717) is 11.9 Å². The maximum absolute atomic E-state index is 13.8. The summed E-state index contributed by atoms with van der Waals surface area (Å²) in [5.74, 6) is 1.60. The van der Waals surface area contributed by atoms with Crippen molar-refractivity contribution in [3.8, 4) is 33.8 Å². The van der Waals surface area contributed by atoms with Gasteiger partial charge in [0.25, 0.3) is 0 Å². The lowest BCUT2D eigenvalue weighted by Gasteiger charge is -2.39. The monoisotopic (exact) mass is 817 g/mol. The van der Waals surface area contributed by atoms with E-state index in [1.807, 2.05) is 44.0 Å². The Morgan fingerprint density at radius 3 is 1.98 bits per heavy atom. The second-order valence-corrected chi connectivity index (χ2v) is 17.1. The molecular formula is C46H59N9O5. The van der Waals surface area contributed by atoms with Gasteiger partial charge in [-0.3, -0.25) is 9.69 Å². The summed E-state index contributed by atoms with van der Waals surface area (Å²) in [5, 5.41) is 6.81. The number of ether oxygens (including phenoxy) is 2. The Bertz CT molecular complexity index is 2300. The van der Waals surface area contributed by atoms with Gasteiger partial charge in [-0.05, 0) is 93.2 Å². The van der Waals surface area contributed by atoms with Crippen molar-refractivity contribution in [2.75, 3.05) is 14.2 Å². The highest BCUT2D eigenvalue weighted by Crippen LogP contribution is 2.39. The van der Waals surface area contributed by atoms with Crippen LogP contribution < -0.4 is 10.6 Å². The van der Waals surface area contributed by atoms with Crippen molar-refractivity contribution < 1.29 is 23.9 Å². The molecule has 2 aromatic carbocycles. The van der Waals surface area contributed by atoms with E-state index >= 15 is 0 Å². The largest absolute Gasteiger partial charge is 0.453 e. The highest BCUT2D eigenvalue weighted by molar-refractivity contribution is 5.87. The van der Waals surface area contributed by atoms with Crippen LogP contribution in [0.3, 0.4) is 0 Å². The van der Waals surface area contributed by atoms with E-state index < -0.39 is 18.2 Å². The number of benzene rings is 2. The predicted octanol–water partition coefficient (Wildman–Crippen LogP) is 8.41. The van der Waals surface area contributed by atoms with Crippen molar-refractivity contribution in [3.05, 3.63) is 78.6 Å². The Kier molecular flexibility index (Phi) is 12.6. The van der Waals surface area contributed by atoms with Crippen LogP contribution in [0.25, 0.3) is 44.7 Å². The Labute approximate surface area is 352 Å². The third-order valence-corrected chi connectivity index (χ3v) is 12.5. The van der Waals surface area contributed by atoms with E-state index in [2.05, 4.69) is 95.7 Å². The molecule has 0 spiro atoms. The fourth-order valence-corrected chi connectivity index (χ4v) is 9.26. The topological polar surface area (TPSA) is 170 Å². The van der Waals surface area contributed by atoms with Crippen LogP contribution in [0.2, 0.25) is 0 Å². The number of aromatic amines is 2. The number of imidazole rings is 2. The van der Waals surface area contributed by atoms with E-state index in [1.165, 1.54) is 14.2 Å². The minimum absolute atomic E-state index is 0.00582. The first kappa shape index (κ1) is 42.4. The number of nitrogens with one attached hydrogen (secondary N) is 4. The molecule has 5 heterocycles. The molecule has 2 unspecified atom stereocenters. The Hall–Kier alpha value is -5.76.